The van der Waals surface area contributed by atoms with Gasteiger partial charge in [0.25, 0.3) is 11.6 Å². The molecule has 0 heterocycles. The molecule has 0 saturated heterocycles. The number of nitrogens with zero attached hydrogens (tertiary/aromatic N) is 2. The molecule has 2 aromatic rings. The maximum Gasteiger partial charge on any atom is 0.271 e. The lowest BCUT2D eigenvalue weighted by Crippen LogP contribution is -2.17. The summed E-state index contributed by atoms with van der Waals surface area (Å²) in [4.78, 5) is 22.2. The molecule has 0 unspecified atom stereocenters. The minimum atomic E-state index is -0.556. The van der Waals surface area contributed by atoms with E-state index in [0.717, 1.165) is 0 Å². The lowest BCUT2D eigenvalue weighted by molar-refractivity contribution is -0.384. The van der Waals surface area contributed by atoms with Crippen LogP contribution in [-0.4, -0.2) is 23.1 Å². The summed E-state index contributed by atoms with van der Waals surface area (Å²) >= 11 is 0. The Kier molecular flexibility index (Phi) is 5.62. The highest BCUT2D eigenvalue weighted by Crippen LogP contribution is 2.17. The predicted octanol–water partition coefficient (Wildman–Crippen LogP) is 3.15. The van der Waals surface area contributed by atoms with Crippen LogP contribution in [-0.2, 0) is 0 Å². The summed E-state index contributed by atoms with van der Waals surface area (Å²) in [6.07, 6.45) is 1.48. The van der Waals surface area contributed by atoms with Gasteiger partial charge in [0.05, 0.1) is 17.2 Å². The number of para-hydroxylation sites is 1. The highest BCUT2D eigenvalue weighted by atomic mass is 16.6. The van der Waals surface area contributed by atoms with Crippen molar-refractivity contribution >= 4 is 17.8 Å². The van der Waals surface area contributed by atoms with Crippen molar-refractivity contribution < 1.29 is 14.5 Å². The van der Waals surface area contributed by atoms with Crippen LogP contribution in [0.2, 0.25) is 0 Å². The first kappa shape index (κ1) is 17.1. The van der Waals surface area contributed by atoms with Crippen molar-refractivity contribution in [3.05, 3.63) is 69.8 Å². The smallest absolute Gasteiger partial charge is 0.271 e. The largest absolute Gasteiger partial charge is 0.490 e. The van der Waals surface area contributed by atoms with Crippen molar-refractivity contribution in [2.45, 2.75) is 20.0 Å². The van der Waals surface area contributed by atoms with E-state index in [-0.39, 0.29) is 17.4 Å². The maximum absolute atomic E-state index is 12.0. The molecule has 24 heavy (non-hydrogen) atoms. The minimum absolute atomic E-state index is 0.0130. The maximum atomic E-state index is 12.0. The van der Waals surface area contributed by atoms with Gasteiger partial charge in [0.1, 0.15) is 5.75 Å². The van der Waals surface area contributed by atoms with Crippen LogP contribution >= 0.6 is 0 Å². The van der Waals surface area contributed by atoms with Gasteiger partial charge in [0, 0.05) is 23.3 Å². The third kappa shape index (κ3) is 4.64. The molecule has 0 spiro atoms. The SMILES string of the molecule is CC(C)Oc1ccccc1/C=N\NC(=O)c1cccc([N+](=O)[O-])c1. The summed E-state index contributed by atoms with van der Waals surface area (Å²) in [6, 6.07) is 12.7. The first-order valence-electron chi connectivity index (χ1n) is 7.31. The number of hydrogen-bond acceptors (Lipinski definition) is 5. The minimum Gasteiger partial charge on any atom is -0.490 e. The van der Waals surface area contributed by atoms with Crippen LogP contribution in [0.3, 0.4) is 0 Å². The number of benzene rings is 2. The number of rotatable bonds is 6. The molecule has 0 bridgehead atoms. The van der Waals surface area contributed by atoms with Crippen LogP contribution in [0.4, 0.5) is 5.69 Å². The van der Waals surface area contributed by atoms with Gasteiger partial charge >= 0.3 is 0 Å². The fraction of sp³-hybridized carbons (Fsp3) is 0.176. The van der Waals surface area contributed by atoms with Gasteiger partial charge in [-0.25, -0.2) is 5.43 Å². The summed E-state index contributed by atoms with van der Waals surface area (Å²) in [5.41, 5.74) is 3.07. The van der Waals surface area contributed by atoms with Gasteiger partial charge in [-0.15, -0.1) is 0 Å². The molecule has 2 rings (SSSR count). The second-order valence-electron chi connectivity index (χ2n) is 5.21. The van der Waals surface area contributed by atoms with Crippen molar-refractivity contribution in [3.8, 4) is 5.75 Å². The number of non-ortho nitro benzene ring substituents is 1. The van der Waals surface area contributed by atoms with E-state index < -0.39 is 10.8 Å². The molecule has 7 nitrogen and oxygen atoms in total. The van der Waals surface area contributed by atoms with E-state index >= 15 is 0 Å². The number of nitrogens with one attached hydrogen (secondary N) is 1. The summed E-state index contributed by atoms with van der Waals surface area (Å²) in [5, 5.41) is 14.6. The first-order valence-corrected chi connectivity index (χ1v) is 7.31. The Balaban J connectivity index is 2.08. The fourth-order valence-corrected chi connectivity index (χ4v) is 1.93. The molecule has 0 aliphatic heterocycles. The topological polar surface area (TPSA) is 93.8 Å². The second-order valence-corrected chi connectivity index (χ2v) is 5.21. The lowest BCUT2D eigenvalue weighted by Gasteiger charge is -2.11. The van der Waals surface area contributed by atoms with Gasteiger partial charge < -0.3 is 4.74 Å². The highest BCUT2D eigenvalue weighted by Gasteiger charge is 2.10. The van der Waals surface area contributed by atoms with Gasteiger partial charge in [-0.2, -0.15) is 5.10 Å². The van der Waals surface area contributed by atoms with Gasteiger partial charge in [-0.05, 0) is 32.0 Å². The van der Waals surface area contributed by atoms with Gasteiger partial charge in [0.2, 0.25) is 0 Å². The van der Waals surface area contributed by atoms with Crippen LogP contribution in [0, 0.1) is 10.1 Å². The number of amides is 1. The van der Waals surface area contributed by atoms with Crippen molar-refractivity contribution in [2.24, 2.45) is 5.10 Å². The third-order valence-electron chi connectivity index (χ3n) is 2.97. The van der Waals surface area contributed by atoms with Crippen molar-refractivity contribution in [1.82, 2.24) is 5.43 Å². The fourth-order valence-electron chi connectivity index (χ4n) is 1.93. The summed E-state index contributed by atoms with van der Waals surface area (Å²) in [5.74, 6) is 0.123. The molecule has 1 N–H and O–H groups in total. The third-order valence-corrected chi connectivity index (χ3v) is 2.97. The Morgan fingerprint density at radius 1 is 1.25 bits per heavy atom. The van der Waals surface area contributed by atoms with E-state index in [1.54, 1.807) is 6.07 Å². The van der Waals surface area contributed by atoms with Crippen LogP contribution < -0.4 is 10.2 Å². The Hall–Kier alpha value is -3.22. The summed E-state index contributed by atoms with van der Waals surface area (Å²) in [7, 11) is 0. The van der Waals surface area contributed by atoms with Crippen molar-refractivity contribution in [3.63, 3.8) is 0 Å². The molecule has 124 valence electrons. The molecule has 0 fully saturated rings. The summed E-state index contributed by atoms with van der Waals surface area (Å²) < 4.78 is 5.65. The quantitative estimate of drug-likeness (QED) is 0.501. The van der Waals surface area contributed by atoms with Crippen molar-refractivity contribution in [2.75, 3.05) is 0 Å². The zero-order valence-corrected chi connectivity index (χ0v) is 13.3. The number of carbonyl (C=O) groups is 1. The average molecular weight is 327 g/mol. The Morgan fingerprint density at radius 3 is 2.71 bits per heavy atom. The van der Waals surface area contributed by atoms with E-state index in [1.807, 2.05) is 32.0 Å². The number of nitro groups is 1. The number of nitro benzene ring substituents is 1. The molecular formula is C17H17N3O4. The predicted molar refractivity (Wildman–Crippen MR) is 90.4 cm³/mol. The number of hydrogen-bond donors (Lipinski definition) is 1. The molecule has 0 atom stereocenters. The van der Waals surface area contributed by atoms with Gasteiger partial charge in [-0.1, -0.05) is 18.2 Å². The first-order chi connectivity index (χ1) is 11.5. The van der Waals surface area contributed by atoms with Crippen LogP contribution in [0.5, 0.6) is 5.75 Å². The Morgan fingerprint density at radius 2 is 2.00 bits per heavy atom. The normalized spacial score (nSPS) is 10.8. The zero-order valence-electron chi connectivity index (χ0n) is 13.3. The molecule has 1 amide bonds. The molecule has 0 radical (unpaired) electrons. The molecule has 0 aliphatic carbocycles. The molecule has 0 aromatic heterocycles. The summed E-state index contributed by atoms with van der Waals surface area (Å²) in [6.45, 7) is 3.83. The average Bonchev–Trinajstić information content (AvgIpc) is 2.56. The lowest BCUT2D eigenvalue weighted by atomic mass is 10.2. The van der Waals surface area contributed by atoms with E-state index in [9.17, 15) is 14.9 Å². The van der Waals surface area contributed by atoms with Crippen LogP contribution in [0.1, 0.15) is 29.8 Å². The number of carbonyl (C=O) groups excluding carboxylic acids is 1. The second kappa shape index (κ2) is 7.87. The molecular weight excluding hydrogens is 310 g/mol. The van der Waals surface area contributed by atoms with Gasteiger partial charge in [0.15, 0.2) is 0 Å². The Labute approximate surface area is 139 Å². The monoisotopic (exact) mass is 327 g/mol. The molecule has 0 aliphatic rings. The molecule has 2 aromatic carbocycles. The molecule has 0 saturated carbocycles. The van der Waals surface area contributed by atoms with E-state index in [2.05, 4.69) is 10.5 Å². The molecule has 7 heteroatoms. The Bertz CT molecular complexity index is 772. The zero-order chi connectivity index (χ0) is 17.5. The number of hydrazone groups is 1. The van der Waals surface area contributed by atoms with E-state index in [1.165, 1.54) is 30.5 Å². The highest BCUT2D eigenvalue weighted by molar-refractivity contribution is 5.95. The van der Waals surface area contributed by atoms with E-state index in [0.29, 0.717) is 11.3 Å². The standard InChI is InChI=1S/C17H17N3O4/c1-12(2)24-16-9-4-3-6-14(16)11-18-19-17(21)13-7-5-8-15(10-13)20(22)23/h3-12H,1-2H3,(H,19,21)/b18-11-. The van der Waals surface area contributed by atoms with E-state index in [4.69, 9.17) is 4.74 Å². The van der Waals surface area contributed by atoms with Crippen LogP contribution in [0.15, 0.2) is 53.6 Å². The van der Waals surface area contributed by atoms with Crippen molar-refractivity contribution in [1.29, 1.82) is 0 Å². The number of ether oxygens (including phenoxy) is 1. The van der Waals surface area contributed by atoms with Gasteiger partial charge in [-0.3, -0.25) is 14.9 Å². The van der Waals surface area contributed by atoms with Crippen LogP contribution in [0.25, 0.3) is 0 Å².